The summed E-state index contributed by atoms with van der Waals surface area (Å²) in [4.78, 5) is 39.2. The molecule has 0 spiro atoms. The highest BCUT2D eigenvalue weighted by molar-refractivity contribution is 6.32. The predicted molar refractivity (Wildman–Crippen MR) is 154 cm³/mol. The maximum Gasteiger partial charge on any atom is 0.328 e. The number of halogens is 1. The van der Waals surface area contributed by atoms with Gasteiger partial charge in [0.2, 0.25) is 0 Å². The van der Waals surface area contributed by atoms with Crippen LogP contribution >= 0.6 is 11.6 Å². The first kappa shape index (κ1) is 28.1. The molecule has 0 saturated heterocycles. The summed E-state index contributed by atoms with van der Waals surface area (Å²) in [6.45, 7) is 0. The summed E-state index contributed by atoms with van der Waals surface area (Å²) in [5, 5.41) is 28.2. The minimum absolute atomic E-state index is 0.0736. The van der Waals surface area contributed by atoms with Crippen LogP contribution in [0.3, 0.4) is 0 Å². The van der Waals surface area contributed by atoms with Gasteiger partial charge in [0.1, 0.15) is 11.8 Å². The van der Waals surface area contributed by atoms with Gasteiger partial charge in [-0.1, -0.05) is 54.1 Å². The maximum absolute atomic E-state index is 13.4. The number of amides is 1. The van der Waals surface area contributed by atoms with Crippen molar-refractivity contribution < 1.29 is 29.7 Å². The van der Waals surface area contributed by atoms with Crippen LogP contribution in [-0.4, -0.2) is 52.0 Å². The third-order valence-corrected chi connectivity index (χ3v) is 6.46. The fourth-order valence-corrected chi connectivity index (χ4v) is 4.50. The molecule has 202 valence electrons. The lowest BCUT2D eigenvalue weighted by molar-refractivity contribution is -0.134. The molecule has 1 atom stereocenters. The van der Waals surface area contributed by atoms with Gasteiger partial charge in [-0.2, -0.15) is 0 Å². The number of benzene rings is 4. The van der Waals surface area contributed by atoms with Crippen LogP contribution in [0.15, 0.2) is 102 Å². The Morgan fingerprint density at radius 1 is 0.900 bits per heavy atom. The average Bonchev–Trinajstić information content (AvgIpc) is 3.03. The topological polar surface area (TPSA) is 128 Å². The number of carbonyl (C=O) groups excluding carboxylic acids is 1. The Labute approximate surface area is 235 Å². The first-order valence-corrected chi connectivity index (χ1v) is 12.6. The van der Waals surface area contributed by atoms with E-state index in [1.165, 1.54) is 0 Å². The standard InChI is InChI=1S/C27H21ClN2O2.C4H4O4/c1-30-25-13-10-21(28)16-23(25)26(19-8-11-22(31)12-9-19)29-24(27(30)32)15-17-6-7-18-4-2-3-5-20(18)14-17;5-3(6)1-2-4(7)8/h2-14,16,24,31H,15H2,1H3;1-2H,(H,5,6)(H,7,8)/b;2-1+. The molecule has 0 bridgehead atoms. The van der Waals surface area contributed by atoms with Crippen molar-refractivity contribution in [2.24, 2.45) is 4.99 Å². The third kappa shape index (κ3) is 6.73. The van der Waals surface area contributed by atoms with Crippen LogP contribution < -0.4 is 4.90 Å². The van der Waals surface area contributed by atoms with Crippen molar-refractivity contribution in [2.45, 2.75) is 12.5 Å². The number of nitrogens with zero attached hydrogens (tertiary/aromatic N) is 2. The lowest BCUT2D eigenvalue weighted by Gasteiger charge is -2.20. The van der Waals surface area contributed by atoms with Crippen LogP contribution in [0, 0.1) is 0 Å². The highest BCUT2D eigenvalue weighted by Gasteiger charge is 2.30. The van der Waals surface area contributed by atoms with Gasteiger partial charge in [0, 0.05) is 41.8 Å². The molecule has 4 aromatic rings. The second-order valence-electron chi connectivity index (χ2n) is 8.99. The lowest BCUT2D eigenvalue weighted by Crippen LogP contribution is -2.36. The molecular weight excluding hydrogens is 532 g/mol. The summed E-state index contributed by atoms with van der Waals surface area (Å²) >= 11 is 6.32. The number of hydrogen-bond acceptors (Lipinski definition) is 5. The summed E-state index contributed by atoms with van der Waals surface area (Å²) in [5.41, 5.74) is 4.10. The van der Waals surface area contributed by atoms with E-state index in [0.717, 1.165) is 33.2 Å². The minimum Gasteiger partial charge on any atom is -0.508 e. The van der Waals surface area contributed by atoms with E-state index >= 15 is 0 Å². The number of phenols is 1. The highest BCUT2D eigenvalue weighted by atomic mass is 35.5. The number of carboxylic acids is 2. The molecule has 5 rings (SSSR count). The largest absolute Gasteiger partial charge is 0.508 e. The van der Waals surface area contributed by atoms with Crippen LogP contribution in [0.2, 0.25) is 5.02 Å². The Bertz CT molecular complexity index is 1630. The van der Waals surface area contributed by atoms with Gasteiger partial charge < -0.3 is 20.2 Å². The summed E-state index contributed by atoms with van der Waals surface area (Å²) in [6.07, 6.45) is 1.60. The summed E-state index contributed by atoms with van der Waals surface area (Å²) in [5.74, 6) is -2.41. The zero-order valence-electron chi connectivity index (χ0n) is 21.4. The number of anilines is 1. The molecule has 1 aliphatic rings. The number of rotatable bonds is 5. The molecule has 1 amide bonds. The first-order valence-electron chi connectivity index (χ1n) is 12.2. The van der Waals surface area contributed by atoms with Gasteiger partial charge >= 0.3 is 11.9 Å². The molecule has 40 heavy (non-hydrogen) atoms. The van der Waals surface area contributed by atoms with E-state index in [1.807, 2.05) is 36.4 Å². The predicted octanol–water partition coefficient (Wildman–Crippen LogP) is 5.34. The molecule has 0 aliphatic carbocycles. The summed E-state index contributed by atoms with van der Waals surface area (Å²) < 4.78 is 0. The molecule has 9 heteroatoms. The van der Waals surface area contributed by atoms with Crippen LogP contribution in [-0.2, 0) is 20.8 Å². The fraction of sp³-hybridized carbons (Fsp3) is 0.0968. The number of carboxylic acid groups (broad SMARTS) is 2. The van der Waals surface area contributed by atoms with Gasteiger partial charge in [0.25, 0.3) is 5.91 Å². The number of likely N-dealkylation sites (N-methyl/N-ethyl adjacent to an activating group) is 1. The van der Waals surface area contributed by atoms with E-state index in [-0.39, 0.29) is 11.7 Å². The Morgan fingerprint density at radius 2 is 1.55 bits per heavy atom. The SMILES string of the molecule is CN1C(=O)C(Cc2ccc3ccccc3c2)N=C(c2ccc(O)cc2)c2cc(Cl)ccc21.O=C(O)/C=C/C(=O)O. The number of benzodiazepines with no additional fused rings is 1. The van der Waals surface area contributed by atoms with Crippen molar-refractivity contribution in [2.75, 3.05) is 11.9 Å². The zero-order chi connectivity index (χ0) is 28.8. The van der Waals surface area contributed by atoms with Crippen LogP contribution in [0.4, 0.5) is 5.69 Å². The minimum atomic E-state index is -1.26. The number of hydrogen-bond donors (Lipinski definition) is 3. The van der Waals surface area contributed by atoms with Crippen molar-refractivity contribution >= 4 is 51.6 Å². The average molecular weight is 557 g/mol. The molecule has 0 aromatic heterocycles. The first-order chi connectivity index (χ1) is 19.1. The second-order valence-corrected chi connectivity index (χ2v) is 9.43. The Hall–Kier alpha value is -4.95. The maximum atomic E-state index is 13.4. The van der Waals surface area contributed by atoms with Crippen molar-refractivity contribution in [3.05, 3.63) is 119 Å². The number of fused-ring (bicyclic) bond motifs is 2. The van der Waals surface area contributed by atoms with Crippen LogP contribution in [0.5, 0.6) is 5.75 Å². The monoisotopic (exact) mass is 556 g/mol. The molecule has 0 saturated carbocycles. The van der Waals surface area contributed by atoms with Crippen molar-refractivity contribution in [3.8, 4) is 5.75 Å². The number of phenolic OH excluding ortho intramolecular Hbond substituents is 1. The molecule has 1 aliphatic heterocycles. The second kappa shape index (κ2) is 12.3. The normalized spacial score (nSPS) is 14.7. The highest BCUT2D eigenvalue weighted by Crippen LogP contribution is 2.31. The smallest absolute Gasteiger partial charge is 0.328 e. The van der Waals surface area contributed by atoms with E-state index in [9.17, 15) is 19.5 Å². The molecule has 8 nitrogen and oxygen atoms in total. The third-order valence-electron chi connectivity index (χ3n) is 6.23. The number of aromatic hydroxyl groups is 1. The van der Waals surface area contributed by atoms with E-state index in [1.54, 1.807) is 30.1 Å². The molecule has 3 N–H and O–H groups in total. The zero-order valence-corrected chi connectivity index (χ0v) is 22.1. The summed E-state index contributed by atoms with van der Waals surface area (Å²) in [6, 6.07) is 26.2. The van der Waals surface area contributed by atoms with Crippen molar-refractivity contribution in [1.82, 2.24) is 0 Å². The lowest BCUT2D eigenvalue weighted by atomic mass is 9.99. The molecular formula is C31H25ClN2O6. The molecule has 4 aromatic carbocycles. The van der Waals surface area contributed by atoms with Crippen molar-refractivity contribution in [1.29, 1.82) is 0 Å². The van der Waals surface area contributed by atoms with E-state index in [4.69, 9.17) is 26.8 Å². The molecule has 1 heterocycles. The molecule has 1 unspecified atom stereocenters. The van der Waals surface area contributed by atoms with Gasteiger partial charge in [0.15, 0.2) is 0 Å². The number of aliphatic imine (C=N–C) groups is 1. The Morgan fingerprint density at radius 3 is 2.20 bits per heavy atom. The van der Waals surface area contributed by atoms with Gasteiger partial charge in [-0.15, -0.1) is 0 Å². The molecule has 0 fully saturated rings. The van der Waals surface area contributed by atoms with E-state index in [0.29, 0.717) is 29.3 Å². The van der Waals surface area contributed by atoms with E-state index in [2.05, 4.69) is 30.3 Å². The van der Waals surface area contributed by atoms with E-state index < -0.39 is 18.0 Å². The van der Waals surface area contributed by atoms with Gasteiger partial charge in [-0.05, 0) is 58.8 Å². The number of aliphatic carboxylic acids is 2. The van der Waals surface area contributed by atoms with Crippen molar-refractivity contribution in [3.63, 3.8) is 0 Å². The molecule has 0 radical (unpaired) electrons. The fourth-order valence-electron chi connectivity index (χ4n) is 4.33. The van der Waals surface area contributed by atoms with Crippen LogP contribution in [0.1, 0.15) is 16.7 Å². The van der Waals surface area contributed by atoms with Gasteiger partial charge in [0.05, 0.1) is 11.4 Å². The quantitative estimate of drug-likeness (QED) is 0.285. The van der Waals surface area contributed by atoms with Gasteiger partial charge in [-0.3, -0.25) is 9.79 Å². The number of carbonyl (C=O) groups is 3. The van der Waals surface area contributed by atoms with Gasteiger partial charge in [-0.25, -0.2) is 9.59 Å². The Balaban J connectivity index is 0.000000406. The Kier molecular flexibility index (Phi) is 8.61. The summed E-state index contributed by atoms with van der Waals surface area (Å²) in [7, 11) is 1.78. The van der Waals surface area contributed by atoms with Crippen LogP contribution in [0.25, 0.3) is 10.8 Å².